The maximum atomic E-state index is 12.8. The van der Waals surface area contributed by atoms with Crippen molar-refractivity contribution in [1.29, 1.82) is 0 Å². The maximum Gasteiger partial charge on any atom is 0.344 e. The van der Waals surface area contributed by atoms with E-state index in [2.05, 4.69) is 29.1 Å². The average molecular weight is 433 g/mol. The molecule has 4 rings (SSSR count). The first-order chi connectivity index (χ1) is 15.4. The molecule has 1 saturated heterocycles. The van der Waals surface area contributed by atoms with Gasteiger partial charge in [-0.05, 0) is 49.7 Å². The summed E-state index contributed by atoms with van der Waals surface area (Å²) in [5.74, 6) is 1.48. The summed E-state index contributed by atoms with van der Waals surface area (Å²) in [4.78, 5) is 28.4. The average Bonchev–Trinajstić information content (AvgIpc) is 3.26. The lowest BCUT2D eigenvalue weighted by molar-refractivity contribution is 0.0964. The molecule has 0 N–H and O–H groups in total. The zero-order chi connectivity index (χ0) is 22.7. The molecule has 0 bridgehead atoms. The molecule has 1 amide bonds. The third-order valence-corrected chi connectivity index (χ3v) is 5.66. The number of rotatable bonds is 5. The van der Waals surface area contributed by atoms with Crippen molar-refractivity contribution in [3.63, 3.8) is 0 Å². The molecule has 1 fully saturated rings. The van der Waals surface area contributed by atoms with Crippen LogP contribution >= 0.6 is 0 Å². The molecule has 0 unspecified atom stereocenters. The van der Waals surface area contributed by atoms with Crippen LogP contribution in [0.4, 0.5) is 4.79 Å². The van der Waals surface area contributed by atoms with Gasteiger partial charge >= 0.3 is 6.03 Å². The molecule has 1 aliphatic rings. The molecule has 0 aliphatic carbocycles. The van der Waals surface area contributed by atoms with Gasteiger partial charge in [0.1, 0.15) is 17.2 Å². The van der Waals surface area contributed by atoms with Gasteiger partial charge < -0.3 is 9.64 Å². The number of hydrogen-bond acceptors (Lipinski definition) is 5. The van der Waals surface area contributed by atoms with Crippen molar-refractivity contribution in [3.8, 4) is 11.5 Å². The number of ketones is 1. The van der Waals surface area contributed by atoms with E-state index in [1.54, 1.807) is 12.3 Å². The van der Waals surface area contributed by atoms with E-state index in [4.69, 9.17) is 4.74 Å². The number of piperazine rings is 1. The van der Waals surface area contributed by atoms with Crippen LogP contribution < -0.4 is 4.74 Å². The zero-order valence-corrected chi connectivity index (χ0v) is 18.7. The van der Waals surface area contributed by atoms with Crippen LogP contribution in [0.5, 0.6) is 11.5 Å². The second-order valence-electron chi connectivity index (χ2n) is 8.32. The highest BCUT2D eigenvalue weighted by Crippen LogP contribution is 2.24. The van der Waals surface area contributed by atoms with Crippen molar-refractivity contribution in [2.45, 2.75) is 33.4 Å². The Bertz CT molecular complexity index is 1110. The Labute approximate surface area is 188 Å². The van der Waals surface area contributed by atoms with Gasteiger partial charge in [-0.3, -0.25) is 9.69 Å². The minimum Gasteiger partial charge on any atom is -0.457 e. The fraction of sp³-hybridized carbons (Fsp3) is 0.320. The van der Waals surface area contributed by atoms with Crippen molar-refractivity contribution >= 4 is 11.8 Å². The Hall–Kier alpha value is -3.45. The summed E-state index contributed by atoms with van der Waals surface area (Å²) in [7, 11) is 0. The van der Waals surface area contributed by atoms with Crippen molar-refractivity contribution < 1.29 is 14.3 Å². The van der Waals surface area contributed by atoms with Crippen LogP contribution in [-0.2, 0) is 6.54 Å². The summed E-state index contributed by atoms with van der Waals surface area (Å²) >= 11 is 0. The Morgan fingerprint density at radius 2 is 1.84 bits per heavy atom. The summed E-state index contributed by atoms with van der Waals surface area (Å²) in [5.41, 5.74) is 2.67. The van der Waals surface area contributed by atoms with E-state index < -0.39 is 0 Å². The number of benzene rings is 2. The third kappa shape index (κ3) is 5.06. The number of carbonyl (C=O) groups is 2. The minimum atomic E-state index is -0.196. The largest absolute Gasteiger partial charge is 0.457 e. The predicted octanol–water partition coefficient (Wildman–Crippen LogP) is 4.36. The van der Waals surface area contributed by atoms with Gasteiger partial charge in [0, 0.05) is 45.3 Å². The van der Waals surface area contributed by atoms with Crippen LogP contribution in [0.1, 0.15) is 35.5 Å². The minimum absolute atomic E-state index is 0.0354. The molecule has 0 saturated carbocycles. The van der Waals surface area contributed by atoms with Crippen LogP contribution in [0.2, 0.25) is 0 Å². The molecule has 3 aromatic rings. The molecule has 2 heterocycles. The van der Waals surface area contributed by atoms with Crippen molar-refractivity contribution in [2.24, 2.45) is 0 Å². The molecule has 1 atom stereocenters. The third-order valence-electron chi connectivity index (χ3n) is 5.66. The number of aromatic nitrogens is 2. The molecular weight excluding hydrogens is 404 g/mol. The first-order valence-corrected chi connectivity index (χ1v) is 10.8. The fourth-order valence-corrected chi connectivity index (χ4v) is 3.92. The smallest absolute Gasteiger partial charge is 0.344 e. The van der Waals surface area contributed by atoms with Crippen LogP contribution in [0.25, 0.3) is 0 Å². The highest BCUT2D eigenvalue weighted by atomic mass is 16.5. The van der Waals surface area contributed by atoms with Gasteiger partial charge in [0.15, 0.2) is 5.78 Å². The fourth-order valence-electron chi connectivity index (χ4n) is 3.92. The second kappa shape index (κ2) is 9.36. The van der Waals surface area contributed by atoms with E-state index in [1.807, 2.05) is 48.2 Å². The number of Topliss-reactive ketones (excluding diaryl/α,β-unsaturated/α-hetero) is 1. The number of carbonyl (C=O) groups excluding carboxylic acids is 2. The van der Waals surface area contributed by atoms with Gasteiger partial charge in [-0.1, -0.05) is 29.8 Å². The maximum absolute atomic E-state index is 12.8. The van der Waals surface area contributed by atoms with Gasteiger partial charge in [0.2, 0.25) is 0 Å². The number of amides is 1. The van der Waals surface area contributed by atoms with Gasteiger partial charge in [0.25, 0.3) is 0 Å². The van der Waals surface area contributed by atoms with Crippen LogP contribution in [-0.4, -0.2) is 57.1 Å². The highest BCUT2D eigenvalue weighted by molar-refractivity contribution is 5.92. The van der Waals surface area contributed by atoms with Gasteiger partial charge in [-0.2, -0.15) is 9.78 Å². The molecular formula is C25H28N4O3. The Balaban J connectivity index is 1.36. The standard InChI is InChI=1S/C25H28N4O3/c1-18-7-9-22(10-8-18)32-23-6-4-5-21(15-23)17-27-13-14-28(19(2)16-27)25(31)29-12-11-24(26-29)20(3)30/h4-12,15,19H,13-14,16-17H2,1-3H3/t19-/m0/s1. The van der Waals surface area contributed by atoms with Crippen LogP contribution in [0.3, 0.4) is 0 Å². The predicted molar refractivity (Wildman–Crippen MR) is 122 cm³/mol. The molecule has 1 aliphatic heterocycles. The number of hydrogen-bond donors (Lipinski definition) is 0. The summed E-state index contributed by atoms with van der Waals surface area (Å²) in [6.07, 6.45) is 1.55. The molecule has 7 nitrogen and oxygen atoms in total. The molecule has 32 heavy (non-hydrogen) atoms. The van der Waals surface area contributed by atoms with Gasteiger partial charge in [-0.15, -0.1) is 0 Å². The Kier molecular flexibility index (Phi) is 6.37. The molecule has 7 heteroatoms. The number of ether oxygens (including phenoxy) is 1. The summed E-state index contributed by atoms with van der Waals surface area (Å²) in [5, 5.41) is 4.10. The summed E-state index contributed by atoms with van der Waals surface area (Å²) in [6, 6.07) is 17.5. The number of aryl methyl sites for hydroxylation is 1. The Morgan fingerprint density at radius 3 is 2.53 bits per heavy atom. The lowest BCUT2D eigenvalue weighted by atomic mass is 10.1. The van der Waals surface area contributed by atoms with Crippen molar-refractivity contribution in [2.75, 3.05) is 19.6 Å². The molecule has 166 valence electrons. The zero-order valence-electron chi connectivity index (χ0n) is 18.7. The topological polar surface area (TPSA) is 67.7 Å². The van der Waals surface area contributed by atoms with E-state index in [9.17, 15) is 9.59 Å². The van der Waals surface area contributed by atoms with E-state index in [0.717, 1.165) is 31.1 Å². The van der Waals surface area contributed by atoms with E-state index in [1.165, 1.54) is 22.7 Å². The van der Waals surface area contributed by atoms with Crippen LogP contribution in [0.15, 0.2) is 60.8 Å². The first-order valence-electron chi connectivity index (χ1n) is 10.8. The highest BCUT2D eigenvalue weighted by Gasteiger charge is 2.29. The molecule has 0 spiro atoms. The molecule has 2 aromatic carbocycles. The first kappa shape index (κ1) is 21.8. The summed E-state index contributed by atoms with van der Waals surface area (Å²) < 4.78 is 7.25. The van der Waals surface area contributed by atoms with Gasteiger partial charge in [0.05, 0.1) is 0 Å². The Morgan fingerprint density at radius 1 is 1.06 bits per heavy atom. The van der Waals surface area contributed by atoms with E-state index in [-0.39, 0.29) is 17.9 Å². The van der Waals surface area contributed by atoms with Crippen molar-refractivity contribution in [1.82, 2.24) is 19.6 Å². The monoisotopic (exact) mass is 432 g/mol. The second-order valence-corrected chi connectivity index (χ2v) is 8.32. The van der Waals surface area contributed by atoms with E-state index in [0.29, 0.717) is 12.2 Å². The normalized spacial score (nSPS) is 16.7. The summed E-state index contributed by atoms with van der Waals surface area (Å²) in [6.45, 7) is 8.45. The van der Waals surface area contributed by atoms with Crippen molar-refractivity contribution in [3.05, 3.63) is 77.6 Å². The van der Waals surface area contributed by atoms with Gasteiger partial charge in [-0.25, -0.2) is 4.79 Å². The SMILES string of the molecule is CC(=O)c1ccn(C(=O)N2CCN(Cc3cccc(Oc4ccc(C)cc4)c3)C[C@@H]2C)n1. The quantitative estimate of drug-likeness (QED) is 0.561. The van der Waals surface area contributed by atoms with E-state index >= 15 is 0 Å². The lowest BCUT2D eigenvalue weighted by Gasteiger charge is -2.39. The number of nitrogens with zero attached hydrogens (tertiary/aromatic N) is 4. The van der Waals surface area contributed by atoms with Crippen LogP contribution in [0, 0.1) is 6.92 Å². The molecule has 1 aromatic heterocycles. The molecule has 0 radical (unpaired) electrons. The lowest BCUT2D eigenvalue weighted by Crippen LogP contribution is -2.54.